The summed E-state index contributed by atoms with van der Waals surface area (Å²) in [5.41, 5.74) is 1.07. The van der Waals surface area contributed by atoms with Gasteiger partial charge >= 0.3 is 0 Å². The third-order valence-electron chi connectivity index (χ3n) is 2.88. The Balaban J connectivity index is 2.38. The van der Waals surface area contributed by atoms with Crippen molar-refractivity contribution in [1.29, 1.82) is 5.26 Å². The van der Waals surface area contributed by atoms with E-state index in [9.17, 15) is 10.1 Å². The molecule has 1 aromatic carbocycles. The molecule has 0 aliphatic heterocycles. The first-order valence-corrected chi connectivity index (χ1v) is 6.33. The minimum Gasteiger partial charge on any atom is -0.493 e. The molecule has 0 radical (unpaired) electrons. The average Bonchev–Trinajstić information content (AvgIpc) is 2.50. The highest BCUT2D eigenvalue weighted by molar-refractivity contribution is 6.04. The molecule has 4 heteroatoms. The fourth-order valence-corrected chi connectivity index (χ4v) is 1.95. The highest BCUT2D eigenvalue weighted by atomic mass is 16.5. The Morgan fingerprint density at radius 3 is 2.65 bits per heavy atom. The molecule has 1 heterocycles. The van der Waals surface area contributed by atoms with E-state index in [1.807, 2.05) is 6.92 Å². The first-order valence-electron chi connectivity index (χ1n) is 6.33. The van der Waals surface area contributed by atoms with Crippen LogP contribution in [-0.2, 0) is 0 Å². The first kappa shape index (κ1) is 13.8. The maximum Gasteiger partial charge on any atom is 0.188 e. The second-order valence-electron chi connectivity index (χ2n) is 4.14. The Labute approximate surface area is 117 Å². The Kier molecular flexibility index (Phi) is 4.46. The molecular formula is C16H14N2O2. The van der Waals surface area contributed by atoms with Gasteiger partial charge in [0, 0.05) is 12.4 Å². The van der Waals surface area contributed by atoms with Gasteiger partial charge in [-0.3, -0.25) is 9.78 Å². The zero-order valence-corrected chi connectivity index (χ0v) is 11.1. The maximum atomic E-state index is 12.5. The molecule has 1 unspecified atom stereocenters. The predicted octanol–water partition coefficient (Wildman–Crippen LogP) is 2.97. The number of pyridine rings is 1. The molecule has 0 aliphatic carbocycles. The van der Waals surface area contributed by atoms with Crippen LogP contribution < -0.4 is 4.74 Å². The zero-order chi connectivity index (χ0) is 14.4. The van der Waals surface area contributed by atoms with E-state index < -0.39 is 5.92 Å². The highest BCUT2D eigenvalue weighted by Gasteiger charge is 2.24. The van der Waals surface area contributed by atoms with Crippen LogP contribution in [0.25, 0.3) is 0 Å². The monoisotopic (exact) mass is 266 g/mol. The molecule has 0 N–H and O–H groups in total. The van der Waals surface area contributed by atoms with E-state index in [4.69, 9.17) is 4.74 Å². The van der Waals surface area contributed by atoms with Gasteiger partial charge in [-0.2, -0.15) is 5.26 Å². The van der Waals surface area contributed by atoms with Crippen molar-refractivity contribution in [2.45, 2.75) is 12.8 Å². The topological polar surface area (TPSA) is 63.0 Å². The molecule has 0 fully saturated rings. The smallest absolute Gasteiger partial charge is 0.188 e. The molecule has 4 nitrogen and oxygen atoms in total. The van der Waals surface area contributed by atoms with Gasteiger partial charge < -0.3 is 4.74 Å². The van der Waals surface area contributed by atoms with E-state index in [0.717, 1.165) is 0 Å². The van der Waals surface area contributed by atoms with Crippen LogP contribution in [0.4, 0.5) is 0 Å². The molecule has 20 heavy (non-hydrogen) atoms. The number of para-hydroxylation sites is 1. The van der Waals surface area contributed by atoms with E-state index in [0.29, 0.717) is 23.5 Å². The van der Waals surface area contributed by atoms with Crippen LogP contribution in [0.15, 0.2) is 48.8 Å². The van der Waals surface area contributed by atoms with Crippen LogP contribution in [0.5, 0.6) is 5.75 Å². The number of ether oxygens (including phenoxy) is 1. The summed E-state index contributed by atoms with van der Waals surface area (Å²) in [7, 11) is 0. The van der Waals surface area contributed by atoms with Gasteiger partial charge in [-0.25, -0.2) is 0 Å². The zero-order valence-electron chi connectivity index (χ0n) is 11.1. The molecule has 0 saturated heterocycles. The lowest BCUT2D eigenvalue weighted by molar-refractivity contribution is 0.0975. The second kappa shape index (κ2) is 6.48. The van der Waals surface area contributed by atoms with Crippen LogP contribution in [0.3, 0.4) is 0 Å². The van der Waals surface area contributed by atoms with Crippen LogP contribution in [0.2, 0.25) is 0 Å². The summed E-state index contributed by atoms with van der Waals surface area (Å²) >= 11 is 0. The number of Topliss-reactive ketones (excluding diaryl/α,β-unsaturated/α-hetero) is 1. The molecule has 1 aromatic heterocycles. The number of benzene rings is 1. The number of rotatable bonds is 5. The van der Waals surface area contributed by atoms with Crippen LogP contribution in [0.1, 0.15) is 28.8 Å². The standard InChI is InChI=1S/C16H14N2O2/c1-2-20-15-6-4-3-5-13(15)16(19)14(11-17)12-7-9-18-10-8-12/h3-10,14H,2H2,1H3. The number of nitriles is 1. The molecule has 2 aromatic rings. The maximum absolute atomic E-state index is 12.5. The SMILES string of the molecule is CCOc1ccccc1C(=O)C(C#N)c1ccncc1. The molecule has 0 saturated carbocycles. The summed E-state index contributed by atoms with van der Waals surface area (Å²) in [5.74, 6) is -0.600. The number of hydrogen-bond acceptors (Lipinski definition) is 4. The van der Waals surface area contributed by atoms with Gasteiger partial charge in [0.2, 0.25) is 0 Å². The second-order valence-corrected chi connectivity index (χ2v) is 4.14. The highest BCUT2D eigenvalue weighted by Crippen LogP contribution is 2.26. The first-order chi connectivity index (χ1) is 9.77. The molecule has 100 valence electrons. The van der Waals surface area contributed by atoms with Crippen molar-refractivity contribution in [2.75, 3.05) is 6.61 Å². The minimum atomic E-state index is -0.848. The lowest BCUT2D eigenvalue weighted by atomic mass is 9.92. The van der Waals surface area contributed by atoms with Crippen molar-refractivity contribution >= 4 is 5.78 Å². The summed E-state index contributed by atoms with van der Waals surface area (Å²) in [5, 5.41) is 9.30. The van der Waals surface area contributed by atoms with Crippen LogP contribution in [-0.4, -0.2) is 17.4 Å². The molecule has 0 aliphatic rings. The molecule has 0 bridgehead atoms. The summed E-state index contributed by atoms with van der Waals surface area (Å²) in [6, 6.07) is 12.4. The number of hydrogen-bond donors (Lipinski definition) is 0. The van der Waals surface area contributed by atoms with Gasteiger partial charge in [0.15, 0.2) is 5.78 Å². The van der Waals surface area contributed by atoms with E-state index in [-0.39, 0.29) is 5.78 Å². The van der Waals surface area contributed by atoms with E-state index in [1.54, 1.807) is 48.8 Å². The minimum absolute atomic E-state index is 0.261. The third-order valence-corrected chi connectivity index (χ3v) is 2.88. The summed E-state index contributed by atoms with van der Waals surface area (Å²) in [6.07, 6.45) is 3.14. The van der Waals surface area contributed by atoms with Gasteiger partial charge in [0.1, 0.15) is 11.7 Å². The fourth-order valence-electron chi connectivity index (χ4n) is 1.95. The lowest BCUT2D eigenvalue weighted by Crippen LogP contribution is -2.13. The summed E-state index contributed by atoms with van der Waals surface area (Å²) in [6.45, 7) is 2.32. The van der Waals surface area contributed by atoms with Gasteiger partial charge in [-0.05, 0) is 36.8 Å². The van der Waals surface area contributed by atoms with Crippen molar-refractivity contribution in [3.05, 3.63) is 59.9 Å². The predicted molar refractivity (Wildman–Crippen MR) is 74.5 cm³/mol. The molecule has 0 spiro atoms. The quantitative estimate of drug-likeness (QED) is 0.780. The lowest BCUT2D eigenvalue weighted by Gasteiger charge is -2.12. The van der Waals surface area contributed by atoms with E-state index in [1.165, 1.54) is 0 Å². The largest absolute Gasteiger partial charge is 0.493 e. The Morgan fingerprint density at radius 2 is 2.00 bits per heavy atom. The fraction of sp³-hybridized carbons (Fsp3) is 0.188. The molecular weight excluding hydrogens is 252 g/mol. The van der Waals surface area contributed by atoms with E-state index >= 15 is 0 Å². The van der Waals surface area contributed by atoms with Crippen LogP contribution in [0, 0.1) is 11.3 Å². The number of carbonyl (C=O) groups is 1. The van der Waals surface area contributed by atoms with Gasteiger partial charge in [0.05, 0.1) is 18.2 Å². The van der Waals surface area contributed by atoms with Crippen molar-refractivity contribution in [3.8, 4) is 11.8 Å². The van der Waals surface area contributed by atoms with Crippen molar-refractivity contribution < 1.29 is 9.53 Å². The number of ketones is 1. The van der Waals surface area contributed by atoms with E-state index in [2.05, 4.69) is 11.1 Å². The molecule has 2 rings (SSSR count). The Morgan fingerprint density at radius 1 is 1.30 bits per heavy atom. The number of nitrogens with zero attached hydrogens (tertiary/aromatic N) is 2. The van der Waals surface area contributed by atoms with Crippen molar-refractivity contribution in [2.24, 2.45) is 0 Å². The normalized spacial score (nSPS) is 11.4. The summed E-state index contributed by atoms with van der Waals surface area (Å²) in [4.78, 5) is 16.4. The Hall–Kier alpha value is -2.67. The molecule has 1 atom stereocenters. The average molecular weight is 266 g/mol. The number of aromatic nitrogens is 1. The van der Waals surface area contributed by atoms with Crippen molar-refractivity contribution in [1.82, 2.24) is 4.98 Å². The summed E-state index contributed by atoms with van der Waals surface area (Å²) < 4.78 is 5.45. The van der Waals surface area contributed by atoms with Gasteiger partial charge in [0.25, 0.3) is 0 Å². The molecule has 0 amide bonds. The van der Waals surface area contributed by atoms with Crippen molar-refractivity contribution in [3.63, 3.8) is 0 Å². The Bertz CT molecular complexity index is 632. The third kappa shape index (κ3) is 2.83. The van der Waals surface area contributed by atoms with Gasteiger partial charge in [-0.15, -0.1) is 0 Å². The van der Waals surface area contributed by atoms with Crippen LogP contribution >= 0.6 is 0 Å². The van der Waals surface area contributed by atoms with Gasteiger partial charge in [-0.1, -0.05) is 12.1 Å². The number of carbonyl (C=O) groups excluding carboxylic acids is 1.